The Morgan fingerprint density at radius 3 is 2.60 bits per heavy atom. The minimum atomic E-state index is 0.727. The molecule has 2 heterocycles. The minimum absolute atomic E-state index is 0.727. The van der Waals surface area contributed by atoms with Crippen molar-refractivity contribution < 1.29 is 9.47 Å². The fourth-order valence-electron chi connectivity index (χ4n) is 3.46. The molecule has 0 N–H and O–H groups in total. The van der Waals surface area contributed by atoms with E-state index in [0.29, 0.717) is 0 Å². The molecule has 2 fully saturated rings. The molecule has 0 saturated carbocycles. The predicted molar refractivity (Wildman–Crippen MR) is 81.0 cm³/mol. The quantitative estimate of drug-likeness (QED) is 0.846. The van der Waals surface area contributed by atoms with Crippen LogP contribution in [0.4, 0.5) is 5.69 Å². The first kappa shape index (κ1) is 13.6. The van der Waals surface area contributed by atoms with Crippen LogP contribution in [0.2, 0.25) is 0 Å². The fraction of sp³-hybridized carbons (Fsp3) is 0.625. The van der Waals surface area contributed by atoms with Crippen molar-refractivity contribution in [2.45, 2.75) is 25.3 Å². The van der Waals surface area contributed by atoms with Crippen molar-refractivity contribution >= 4 is 5.69 Å². The van der Waals surface area contributed by atoms with Gasteiger partial charge in [0.25, 0.3) is 0 Å². The number of methoxy groups -OCH3 is 2. The van der Waals surface area contributed by atoms with E-state index in [0.717, 1.165) is 30.6 Å². The summed E-state index contributed by atoms with van der Waals surface area (Å²) in [4.78, 5) is 5.15. The fourth-order valence-corrected chi connectivity index (χ4v) is 3.46. The highest BCUT2D eigenvalue weighted by atomic mass is 16.5. The molecule has 2 aliphatic heterocycles. The summed E-state index contributed by atoms with van der Waals surface area (Å²) < 4.78 is 10.7. The van der Waals surface area contributed by atoms with Gasteiger partial charge in [-0.1, -0.05) is 0 Å². The lowest BCUT2D eigenvalue weighted by Gasteiger charge is -2.27. The summed E-state index contributed by atoms with van der Waals surface area (Å²) in [5, 5.41) is 0. The molecule has 0 radical (unpaired) electrons. The van der Waals surface area contributed by atoms with Gasteiger partial charge in [0.1, 0.15) is 0 Å². The summed E-state index contributed by atoms with van der Waals surface area (Å²) in [6, 6.07) is 6.98. The van der Waals surface area contributed by atoms with Gasteiger partial charge < -0.3 is 14.4 Å². The van der Waals surface area contributed by atoms with Crippen LogP contribution in [0.1, 0.15) is 19.3 Å². The highest BCUT2D eigenvalue weighted by Gasteiger charge is 2.28. The summed E-state index contributed by atoms with van der Waals surface area (Å²) in [6.07, 6.45) is 3.93. The Balaban J connectivity index is 1.80. The van der Waals surface area contributed by atoms with E-state index in [1.807, 2.05) is 6.07 Å². The molecule has 1 atom stereocenters. The zero-order valence-electron chi connectivity index (χ0n) is 12.5. The highest BCUT2D eigenvalue weighted by molar-refractivity contribution is 5.56. The molecule has 1 aromatic rings. The van der Waals surface area contributed by atoms with Crippen LogP contribution in [0, 0.1) is 0 Å². The molecular formula is C16H24N2O2. The lowest BCUT2D eigenvalue weighted by Crippen LogP contribution is -2.36. The van der Waals surface area contributed by atoms with Crippen molar-refractivity contribution in [2.24, 2.45) is 0 Å². The van der Waals surface area contributed by atoms with Crippen molar-refractivity contribution in [3.63, 3.8) is 0 Å². The third-order valence-corrected chi connectivity index (χ3v) is 4.54. The summed E-state index contributed by atoms with van der Waals surface area (Å²) in [5.41, 5.74) is 1.25. The van der Waals surface area contributed by atoms with Gasteiger partial charge in [-0.15, -0.1) is 0 Å². The van der Waals surface area contributed by atoms with Gasteiger partial charge in [0.15, 0.2) is 11.5 Å². The molecule has 0 spiro atoms. The van der Waals surface area contributed by atoms with E-state index in [4.69, 9.17) is 9.47 Å². The number of anilines is 1. The zero-order chi connectivity index (χ0) is 13.9. The van der Waals surface area contributed by atoms with E-state index in [-0.39, 0.29) is 0 Å². The van der Waals surface area contributed by atoms with E-state index in [1.165, 1.54) is 38.0 Å². The van der Waals surface area contributed by atoms with E-state index in [1.54, 1.807) is 14.2 Å². The van der Waals surface area contributed by atoms with Crippen LogP contribution >= 0.6 is 0 Å². The smallest absolute Gasteiger partial charge is 0.162 e. The Labute approximate surface area is 121 Å². The van der Waals surface area contributed by atoms with E-state index in [9.17, 15) is 0 Å². The van der Waals surface area contributed by atoms with Crippen molar-refractivity contribution in [1.82, 2.24) is 4.90 Å². The SMILES string of the molecule is COc1ccc(N2CCCN3CCCC3C2)cc1OC. The topological polar surface area (TPSA) is 24.9 Å². The lowest BCUT2D eigenvalue weighted by atomic mass is 10.2. The second-order valence-corrected chi connectivity index (χ2v) is 5.67. The number of fused-ring (bicyclic) bond motifs is 1. The van der Waals surface area contributed by atoms with Crippen LogP contribution in [0.25, 0.3) is 0 Å². The highest BCUT2D eigenvalue weighted by Crippen LogP contribution is 2.33. The van der Waals surface area contributed by atoms with Crippen LogP contribution in [-0.4, -0.2) is 51.3 Å². The van der Waals surface area contributed by atoms with Gasteiger partial charge in [0, 0.05) is 37.4 Å². The number of ether oxygens (including phenoxy) is 2. The normalized spacial score (nSPS) is 23.3. The number of hydrogen-bond acceptors (Lipinski definition) is 4. The summed E-state index contributed by atoms with van der Waals surface area (Å²) in [6.45, 7) is 4.79. The Morgan fingerprint density at radius 1 is 1.00 bits per heavy atom. The standard InChI is InChI=1S/C16H24N2O2/c1-19-15-7-6-13(11-16(15)20-2)18-10-4-9-17-8-3-5-14(17)12-18/h6-7,11,14H,3-5,8-10,12H2,1-2H3. The molecule has 2 aliphatic rings. The molecule has 2 saturated heterocycles. The molecule has 0 bridgehead atoms. The molecule has 110 valence electrons. The van der Waals surface area contributed by atoms with Crippen molar-refractivity contribution in [1.29, 1.82) is 0 Å². The van der Waals surface area contributed by atoms with Gasteiger partial charge >= 0.3 is 0 Å². The van der Waals surface area contributed by atoms with Gasteiger partial charge in [-0.3, -0.25) is 4.90 Å². The lowest BCUT2D eigenvalue weighted by molar-refractivity contribution is 0.273. The van der Waals surface area contributed by atoms with Crippen LogP contribution in [0.5, 0.6) is 11.5 Å². The molecule has 20 heavy (non-hydrogen) atoms. The first-order valence-corrected chi connectivity index (χ1v) is 7.53. The number of rotatable bonds is 3. The Morgan fingerprint density at radius 2 is 1.80 bits per heavy atom. The summed E-state index contributed by atoms with van der Waals surface area (Å²) >= 11 is 0. The van der Waals surface area contributed by atoms with Gasteiger partial charge in [-0.2, -0.15) is 0 Å². The van der Waals surface area contributed by atoms with Gasteiger partial charge in [0.2, 0.25) is 0 Å². The molecular weight excluding hydrogens is 252 g/mol. The van der Waals surface area contributed by atoms with Crippen molar-refractivity contribution in [3.05, 3.63) is 18.2 Å². The second-order valence-electron chi connectivity index (χ2n) is 5.67. The first-order chi connectivity index (χ1) is 9.81. The van der Waals surface area contributed by atoms with Crippen LogP contribution < -0.4 is 14.4 Å². The van der Waals surface area contributed by atoms with Crippen molar-refractivity contribution in [3.8, 4) is 11.5 Å². The average Bonchev–Trinajstić information content (AvgIpc) is 2.83. The van der Waals surface area contributed by atoms with E-state index < -0.39 is 0 Å². The third-order valence-electron chi connectivity index (χ3n) is 4.54. The molecule has 1 aromatic carbocycles. The Kier molecular flexibility index (Phi) is 4.01. The molecule has 4 heteroatoms. The second kappa shape index (κ2) is 5.92. The monoisotopic (exact) mass is 276 g/mol. The maximum atomic E-state index is 5.42. The molecule has 1 unspecified atom stereocenters. The van der Waals surface area contributed by atoms with Crippen LogP contribution in [-0.2, 0) is 0 Å². The maximum Gasteiger partial charge on any atom is 0.162 e. The number of nitrogens with zero attached hydrogens (tertiary/aromatic N) is 2. The van der Waals surface area contributed by atoms with Crippen molar-refractivity contribution in [2.75, 3.05) is 45.3 Å². The first-order valence-electron chi connectivity index (χ1n) is 7.53. The Hall–Kier alpha value is -1.42. The summed E-state index contributed by atoms with van der Waals surface area (Å²) in [5.74, 6) is 1.62. The van der Waals surface area contributed by atoms with Gasteiger partial charge in [-0.25, -0.2) is 0 Å². The van der Waals surface area contributed by atoms with Crippen LogP contribution in [0.3, 0.4) is 0 Å². The molecule has 4 nitrogen and oxygen atoms in total. The third kappa shape index (κ3) is 2.57. The minimum Gasteiger partial charge on any atom is -0.493 e. The predicted octanol–water partition coefficient (Wildman–Crippen LogP) is 2.38. The van der Waals surface area contributed by atoms with Gasteiger partial charge in [0.05, 0.1) is 14.2 Å². The average molecular weight is 276 g/mol. The summed E-state index contributed by atoms with van der Waals surface area (Å²) in [7, 11) is 3.38. The molecule has 0 aromatic heterocycles. The molecule has 3 rings (SSSR count). The largest absolute Gasteiger partial charge is 0.493 e. The van der Waals surface area contributed by atoms with Crippen LogP contribution in [0.15, 0.2) is 18.2 Å². The molecule has 0 aliphatic carbocycles. The number of hydrogen-bond donors (Lipinski definition) is 0. The zero-order valence-corrected chi connectivity index (χ0v) is 12.5. The van der Waals surface area contributed by atoms with E-state index >= 15 is 0 Å². The van der Waals surface area contributed by atoms with Gasteiger partial charge in [-0.05, 0) is 37.9 Å². The maximum absolute atomic E-state index is 5.42. The number of benzene rings is 1. The van der Waals surface area contributed by atoms with E-state index in [2.05, 4.69) is 21.9 Å². The molecule has 0 amide bonds. The Bertz CT molecular complexity index is 464.